The zero-order valence-corrected chi connectivity index (χ0v) is 14.2. The van der Waals surface area contributed by atoms with Crippen molar-refractivity contribution in [3.8, 4) is 0 Å². The van der Waals surface area contributed by atoms with E-state index >= 15 is 0 Å². The highest BCUT2D eigenvalue weighted by molar-refractivity contribution is 7.80. The van der Waals surface area contributed by atoms with E-state index in [9.17, 15) is 9.90 Å². The van der Waals surface area contributed by atoms with Gasteiger partial charge in [0.05, 0.1) is 37.3 Å². The third-order valence-electron chi connectivity index (χ3n) is 4.35. The molecule has 3 N–H and O–H groups in total. The number of thiocarbonyl (C=S) groups is 1. The van der Waals surface area contributed by atoms with Crippen molar-refractivity contribution in [2.45, 2.75) is 0 Å². The van der Waals surface area contributed by atoms with Crippen molar-refractivity contribution in [1.82, 2.24) is 20.2 Å². The molecule has 0 bridgehead atoms. The van der Waals surface area contributed by atoms with Gasteiger partial charge in [0.2, 0.25) is 0 Å². The van der Waals surface area contributed by atoms with Crippen LogP contribution in [0.1, 0.15) is 5.56 Å². The van der Waals surface area contributed by atoms with Gasteiger partial charge in [-0.15, -0.1) is 0 Å². The van der Waals surface area contributed by atoms with E-state index in [1.165, 1.54) is 0 Å². The average Bonchev–Trinajstić information content (AvgIpc) is 3.19. The molecule has 25 heavy (non-hydrogen) atoms. The number of hydrogen-bond donors (Lipinski definition) is 3. The first-order chi connectivity index (χ1) is 12.1. The molecule has 8 nitrogen and oxygen atoms in total. The third kappa shape index (κ3) is 2.92. The predicted molar refractivity (Wildman–Crippen MR) is 97.6 cm³/mol. The van der Waals surface area contributed by atoms with Crippen LogP contribution in [0.25, 0.3) is 17.1 Å². The topological polar surface area (TPSA) is 93.7 Å². The van der Waals surface area contributed by atoms with Gasteiger partial charge in [-0.2, -0.15) is 0 Å². The summed E-state index contributed by atoms with van der Waals surface area (Å²) in [5.41, 5.74) is 3.27. The minimum Gasteiger partial charge on any atom is -0.464 e. The lowest BCUT2D eigenvalue weighted by atomic mass is 10.1. The number of rotatable bonds is 2. The van der Waals surface area contributed by atoms with Crippen molar-refractivity contribution in [3.05, 3.63) is 29.7 Å². The number of aromatic nitrogens is 2. The van der Waals surface area contributed by atoms with E-state index < -0.39 is 6.09 Å². The number of H-pyrrole nitrogens is 1. The quantitative estimate of drug-likeness (QED) is 0.701. The minimum atomic E-state index is -1.09. The van der Waals surface area contributed by atoms with Crippen LogP contribution < -0.4 is 10.2 Å². The number of hydrogen-bond acceptors (Lipinski definition) is 5. The third-order valence-corrected chi connectivity index (χ3v) is 4.68. The molecule has 9 heteroatoms. The molecule has 4 heterocycles. The number of ether oxygens (including phenoxy) is 1. The van der Waals surface area contributed by atoms with Crippen LogP contribution in [0.2, 0.25) is 0 Å². The van der Waals surface area contributed by atoms with Gasteiger partial charge in [-0.25, -0.2) is 14.7 Å². The minimum absolute atomic E-state index is 0.200. The summed E-state index contributed by atoms with van der Waals surface area (Å²) in [7, 11) is 0. The van der Waals surface area contributed by atoms with Crippen molar-refractivity contribution in [2.75, 3.05) is 37.7 Å². The predicted octanol–water partition coefficient (Wildman–Crippen LogP) is 1.61. The monoisotopic (exact) mass is 359 g/mol. The van der Waals surface area contributed by atoms with Crippen molar-refractivity contribution in [1.29, 1.82) is 0 Å². The summed E-state index contributed by atoms with van der Waals surface area (Å²) in [6, 6.07) is 2.07. The molecule has 1 amide bonds. The molecule has 2 aromatic heterocycles. The second-order valence-electron chi connectivity index (χ2n) is 5.85. The van der Waals surface area contributed by atoms with Gasteiger partial charge in [-0.1, -0.05) is 0 Å². The largest absolute Gasteiger partial charge is 0.464 e. The zero-order chi connectivity index (χ0) is 17.4. The molecular formula is C16H17N5O3S. The molecule has 2 aliphatic rings. The summed E-state index contributed by atoms with van der Waals surface area (Å²) in [6.07, 6.45) is 4.41. The molecular weight excluding hydrogens is 342 g/mol. The van der Waals surface area contributed by atoms with E-state index in [1.807, 2.05) is 18.5 Å². The molecule has 2 aliphatic heterocycles. The summed E-state index contributed by atoms with van der Waals surface area (Å²) in [5.74, 6) is 0. The molecule has 2 aromatic rings. The maximum absolute atomic E-state index is 11.4. The van der Waals surface area contributed by atoms with Crippen molar-refractivity contribution in [2.24, 2.45) is 0 Å². The fourth-order valence-corrected chi connectivity index (χ4v) is 3.35. The van der Waals surface area contributed by atoms with Crippen LogP contribution in [0.4, 0.5) is 10.5 Å². The maximum atomic E-state index is 11.4. The first kappa shape index (κ1) is 15.9. The van der Waals surface area contributed by atoms with Crippen LogP contribution in [-0.4, -0.2) is 64.0 Å². The first-order valence-corrected chi connectivity index (χ1v) is 8.35. The van der Waals surface area contributed by atoms with Crippen molar-refractivity contribution in [3.63, 3.8) is 0 Å². The fourth-order valence-electron chi connectivity index (χ4n) is 3.09. The van der Waals surface area contributed by atoms with Crippen LogP contribution in [-0.2, 0) is 4.74 Å². The summed E-state index contributed by atoms with van der Waals surface area (Å²) >= 11 is 5.05. The normalized spacial score (nSPS) is 19.7. The summed E-state index contributed by atoms with van der Waals surface area (Å²) in [6.45, 7) is 3.46. The van der Waals surface area contributed by atoms with E-state index in [0.29, 0.717) is 25.5 Å². The number of nitrogens with zero attached hydrogens (tertiary/aromatic N) is 3. The van der Waals surface area contributed by atoms with Crippen LogP contribution in [0.5, 0.6) is 0 Å². The van der Waals surface area contributed by atoms with Crippen LogP contribution >= 0.6 is 12.2 Å². The first-order valence-electron chi connectivity index (χ1n) is 7.95. The highest BCUT2D eigenvalue weighted by Crippen LogP contribution is 2.26. The number of carboxylic acid groups (broad SMARTS) is 1. The second kappa shape index (κ2) is 6.34. The van der Waals surface area contributed by atoms with E-state index in [0.717, 1.165) is 40.3 Å². The molecule has 0 aliphatic carbocycles. The SMILES string of the molecule is O=C(O)N1C(=S)NC/C1=C/c1c[nH]c2ncc(N3CCOCC3)cc12. The highest BCUT2D eigenvalue weighted by Gasteiger charge is 2.28. The molecule has 2 saturated heterocycles. The Morgan fingerprint density at radius 1 is 1.40 bits per heavy atom. The summed E-state index contributed by atoms with van der Waals surface area (Å²) in [5, 5.41) is 13.4. The Kier molecular flexibility index (Phi) is 4.02. The Labute approximate surface area is 149 Å². The molecule has 0 atom stereocenters. The van der Waals surface area contributed by atoms with Gasteiger partial charge >= 0.3 is 6.09 Å². The van der Waals surface area contributed by atoms with Crippen LogP contribution in [0.3, 0.4) is 0 Å². The number of morpholine rings is 1. The Morgan fingerprint density at radius 3 is 2.96 bits per heavy atom. The smallest absolute Gasteiger partial charge is 0.418 e. The van der Waals surface area contributed by atoms with Gasteiger partial charge in [0.25, 0.3) is 0 Å². The number of anilines is 1. The lowest BCUT2D eigenvalue weighted by Gasteiger charge is -2.28. The number of pyridine rings is 1. The molecule has 130 valence electrons. The molecule has 2 fully saturated rings. The average molecular weight is 359 g/mol. The number of carbonyl (C=O) groups is 1. The Balaban J connectivity index is 1.71. The van der Waals surface area contributed by atoms with E-state index in [-0.39, 0.29) is 5.11 Å². The van der Waals surface area contributed by atoms with Crippen molar-refractivity contribution >= 4 is 46.2 Å². The zero-order valence-electron chi connectivity index (χ0n) is 13.4. The molecule has 0 aromatic carbocycles. The van der Waals surface area contributed by atoms with Gasteiger partial charge < -0.3 is 25.0 Å². The standard InChI is InChI=1S/C16H17N5O3S/c22-16(23)21-12(9-19-15(21)25)5-10-7-17-14-13(10)6-11(8-18-14)20-1-3-24-4-2-20/h5-8H,1-4,9H2,(H,17,18)(H,19,25)(H,22,23)/b12-5-. The van der Waals surface area contributed by atoms with Gasteiger partial charge in [-0.05, 0) is 24.4 Å². The Hall–Kier alpha value is -2.65. The lowest BCUT2D eigenvalue weighted by Crippen LogP contribution is -2.36. The van der Waals surface area contributed by atoms with Crippen molar-refractivity contribution < 1.29 is 14.6 Å². The lowest BCUT2D eigenvalue weighted by molar-refractivity contribution is 0.122. The molecule has 0 spiro atoms. The van der Waals surface area contributed by atoms with E-state index in [4.69, 9.17) is 17.0 Å². The number of fused-ring (bicyclic) bond motifs is 1. The van der Waals surface area contributed by atoms with Crippen LogP contribution in [0, 0.1) is 0 Å². The molecule has 4 rings (SSSR count). The van der Waals surface area contributed by atoms with Gasteiger partial charge in [-0.3, -0.25) is 0 Å². The Bertz CT molecular complexity index is 872. The van der Waals surface area contributed by atoms with E-state index in [2.05, 4.69) is 26.3 Å². The summed E-state index contributed by atoms with van der Waals surface area (Å²) in [4.78, 5) is 22.3. The van der Waals surface area contributed by atoms with Gasteiger partial charge in [0.15, 0.2) is 5.11 Å². The van der Waals surface area contributed by atoms with Crippen LogP contribution in [0.15, 0.2) is 24.2 Å². The number of aromatic amines is 1. The number of nitrogens with one attached hydrogen (secondary N) is 2. The summed E-state index contributed by atoms with van der Waals surface area (Å²) < 4.78 is 5.39. The fraction of sp³-hybridized carbons (Fsp3) is 0.312. The highest BCUT2D eigenvalue weighted by atomic mass is 32.1. The van der Waals surface area contributed by atoms with E-state index in [1.54, 1.807) is 0 Å². The molecule has 0 unspecified atom stereocenters. The van der Waals surface area contributed by atoms with Gasteiger partial charge in [0.1, 0.15) is 5.65 Å². The Morgan fingerprint density at radius 2 is 2.20 bits per heavy atom. The van der Waals surface area contributed by atoms with Gasteiger partial charge in [0, 0.05) is 30.2 Å². The second-order valence-corrected chi connectivity index (χ2v) is 6.23. The molecule has 0 saturated carbocycles. The number of amides is 1. The molecule has 0 radical (unpaired) electrons. The maximum Gasteiger partial charge on any atom is 0.418 e.